The van der Waals surface area contributed by atoms with Crippen molar-refractivity contribution in [1.29, 1.82) is 5.26 Å². The lowest BCUT2D eigenvalue weighted by atomic mass is 9.98. The number of carbonyl (C=O) groups is 1. The number of aliphatic carboxylic acids is 1. The van der Waals surface area contributed by atoms with Crippen LogP contribution in [0.25, 0.3) is 0 Å². The second kappa shape index (κ2) is 4.33. The van der Waals surface area contributed by atoms with Crippen LogP contribution >= 0.6 is 0 Å². The molecule has 0 saturated carbocycles. The van der Waals surface area contributed by atoms with Crippen molar-refractivity contribution in [1.82, 2.24) is 5.16 Å². The SMILES string of the molecule is N#Cc1c(N2CCCC(C(=O)O)C2)noc1N. The van der Waals surface area contributed by atoms with E-state index in [0.717, 1.165) is 6.42 Å². The fourth-order valence-electron chi connectivity index (χ4n) is 1.99. The van der Waals surface area contributed by atoms with E-state index in [4.69, 9.17) is 20.6 Å². The van der Waals surface area contributed by atoms with Gasteiger partial charge >= 0.3 is 5.97 Å². The number of hydrogen-bond donors (Lipinski definition) is 2. The number of rotatable bonds is 2. The number of carboxylic acids is 1. The molecule has 0 aromatic carbocycles. The molecule has 1 saturated heterocycles. The zero-order chi connectivity index (χ0) is 12.4. The second-order valence-electron chi connectivity index (χ2n) is 3.98. The number of hydrogen-bond acceptors (Lipinski definition) is 6. The molecule has 2 heterocycles. The van der Waals surface area contributed by atoms with Gasteiger partial charge in [-0.3, -0.25) is 4.79 Å². The van der Waals surface area contributed by atoms with Crippen LogP contribution in [0.15, 0.2) is 4.52 Å². The molecule has 7 nitrogen and oxygen atoms in total. The van der Waals surface area contributed by atoms with Gasteiger partial charge in [0.1, 0.15) is 6.07 Å². The van der Waals surface area contributed by atoms with Crippen molar-refractivity contribution in [2.45, 2.75) is 12.8 Å². The predicted molar refractivity (Wildman–Crippen MR) is 58.2 cm³/mol. The molecule has 90 valence electrons. The third-order valence-electron chi connectivity index (χ3n) is 2.88. The first-order chi connectivity index (χ1) is 8.13. The van der Waals surface area contributed by atoms with Crippen molar-refractivity contribution < 1.29 is 14.4 Å². The van der Waals surface area contributed by atoms with E-state index in [1.165, 1.54) is 0 Å². The van der Waals surface area contributed by atoms with E-state index in [9.17, 15) is 4.79 Å². The highest BCUT2D eigenvalue weighted by Crippen LogP contribution is 2.28. The molecule has 0 radical (unpaired) electrons. The molecule has 0 bridgehead atoms. The van der Waals surface area contributed by atoms with Gasteiger partial charge in [-0.2, -0.15) is 5.26 Å². The summed E-state index contributed by atoms with van der Waals surface area (Å²) in [4.78, 5) is 12.7. The van der Waals surface area contributed by atoms with E-state index in [-0.39, 0.29) is 11.4 Å². The summed E-state index contributed by atoms with van der Waals surface area (Å²) >= 11 is 0. The molecule has 1 aromatic heterocycles. The lowest BCUT2D eigenvalue weighted by Gasteiger charge is -2.30. The Morgan fingerprint density at radius 1 is 1.71 bits per heavy atom. The van der Waals surface area contributed by atoms with Gasteiger partial charge in [-0.1, -0.05) is 5.16 Å². The molecule has 1 atom stereocenters. The maximum Gasteiger partial charge on any atom is 0.308 e. The number of anilines is 2. The van der Waals surface area contributed by atoms with Crippen LogP contribution in [-0.2, 0) is 4.79 Å². The first-order valence-electron chi connectivity index (χ1n) is 5.26. The van der Waals surface area contributed by atoms with E-state index in [1.54, 1.807) is 4.90 Å². The molecule has 0 aliphatic carbocycles. The van der Waals surface area contributed by atoms with E-state index >= 15 is 0 Å². The average Bonchev–Trinajstić information content (AvgIpc) is 2.70. The average molecular weight is 236 g/mol. The van der Waals surface area contributed by atoms with Crippen LogP contribution in [0.4, 0.5) is 11.7 Å². The zero-order valence-electron chi connectivity index (χ0n) is 9.09. The summed E-state index contributed by atoms with van der Waals surface area (Å²) in [6.07, 6.45) is 1.38. The van der Waals surface area contributed by atoms with Crippen LogP contribution in [-0.4, -0.2) is 29.3 Å². The monoisotopic (exact) mass is 236 g/mol. The highest BCUT2D eigenvalue weighted by molar-refractivity contribution is 5.72. The van der Waals surface area contributed by atoms with Gasteiger partial charge in [0, 0.05) is 13.1 Å². The number of carboxylic acid groups (broad SMARTS) is 1. The van der Waals surface area contributed by atoms with Gasteiger partial charge in [-0.25, -0.2) is 0 Å². The lowest BCUT2D eigenvalue weighted by Crippen LogP contribution is -2.39. The van der Waals surface area contributed by atoms with Crippen molar-refractivity contribution >= 4 is 17.7 Å². The molecule has 3 N–H and O–H groups in total. The third kappa shape index (κ3) is 2.01. The summed E-state index contributed by atoms with van der Waals surface area (Å²) in [6, 6.07) is 1.91. The summed E-state index contributed by atoms with van der Waals surface area (Å²) in [5, 5.41) is 21.6. The van der Waals surface area contributed by atoms with Crippen molar-refractivity contribution in [3.05, 3.63) is 5.56 Å². The summed E-state index contributed by atoms with van der Waals surface area (Å²) in [6.45, 7) is 0.987. The van der Waals surface area contributed by atoms with E-state index < -0.39 is 11.9 Å². The molecule has 1 fully saturated rings. The molecule has 1 aromatic rings. The van der Waals surface area contributed by atoms with Crippen LogP contribution in [0.3, 0.4) is 0 Å². The maximum atomic E-state index is 10.9. The van der Waals surface area contributed by atoms with Crippen LogP contribution in [0.2, 0.25) is 0 Å². The van der Waals surface area contributed by atoms with Crippen LogP contribution < -0.4 is 10.6 Å². The van der Waals surface area contributed by atoms with Crippen molar-refractivity contribution in [3.8, 4) is 6.07 Å². The van der Waals surface area contributed by atoms with Crippen molar-refractivity contribution in [3.63, 3.8) is 0 Å². The van der Waals surface area contributed by atoms with Gasteiger partial charge in [0.15, 0.2) is 11.4 Å². The molecular weight excluding hydrogens is 224 g/mol. The number of nitrogens with two attached hydrogens (primary N) is 1. The van der Waals surface area contributed by atoms with Crippen molar-refractivity contribution in [2.24, 2.45) is 5.92 Å². The Labute approximate surface area is 97.4 Å². The number of nitrogens with zero attached hydrogens (tertiary/aromatic N) is 3. The minimum absolute atomic E-state index is 0.0278. The fraction of sp³-hybridized carbons (Fsp3) is 0.500. The predicted octanol–water partition coefficient (Wildman–Crippen LogP) is 0.429. The Morgan fingerprint density at radius 2 is 2.47 bits per heavy atom. The maximum absolute atomic E-state index is 10.9. The third-order valence-corrected chi connectivity index (χ3v) is 2.88. The Bertz CT molecular complexity index is 476. The molecule has 0 amide bonds. The first kappa shape index (κ1) is 11.3. The van der Waals surface area contributed by atoms with E-state index in [2.05, 4.69) is 5.16 Å². The van der Waals surface area contributed by atoms with Crippen LogP contribution in [0, 0.1) is 17.2 Å². The fourth-order valence-corrected chi connectivity index (χ4v) is 1.99. The quantitative estimate of drug-likeness (QED) is 0.764. The molecular formula is C10H12N4O3. The van der Waals surface area contributed by atoms with Gasteiger partial charge in [-0.15, -0.1) is 0 Å². The lowest BCUT2D eigenvalue weighted by molar-refractivity contribution is -0.141. The summed E-state index contributed by atoms with van der Waals surface area (Å²) in [7, 11) is 0. The largest absolute Gasteiger partial charge is 0.481 e. The number of nitrogen functional groups attached to an aromatic ring is 1. The summed E-state index contributed by atoms with van der Waals surface area (Å²) in [5.41, 5.74) is 5.64. The molecule has 1 aliphatic rings. The van der Waals surface area contributed by atoms with Gasteiger partial charge < -0.3 is 20.3 Å². The standard InChI is InChI=1S/C10H12N4O3/c11-4-7-8(12)17-13-9(7)14-3-1-2-6(5-14)10(15)16/h6H,1-3,5,12H2,(H,15,16). The van der Waals surface area contributed by atoms with E-state index in [1.807, 2.05) is 6.07 Å². The molecule has 1 aliphatic heterocycles. The molecule has 0 spiro atoms. The van der Waals surface area contributed by atoms with Gasteiger partial charge in [-0.05, 0) is 12.8 Å². The first-order valence-corrected chi connectivity index (χ1v) is 5.26. The minimum Gasteiger partial charge on any atom is -0.481 e. The van der Waals surface area contributed by atoms with Crippen LogP contribution in [0.5, 0.6) is 0 Å². The van der Waals surface area contributed by atoms with Crippen LogP contribution in [0.1, 0.15) is 18.4 Å². The molecule has 7 heteroatoms. The minimum atomic E-state index is -0.829. The molecule has 1 unspecified atom stereocenters. The number of nitriles is 1. The van der Waals surface area contributed by atoms with Gasteiger partial charge in [0.2, 0.25) is 5.88 Å². The summed E-state index contributed by atoms with van der Waals surface area (Å²) < 4.78 is 4.75. The topological polar surface area (TPSA) is 116 Å². The number of piperidine rings is 1. The zero-order valence-corrected chi connectivity index (χ0v) is 9.09. The highest BCUT2D eigenvalue weighted by atomic mass is 16.5. The summed E-state index contributed by atoms with van der Waals surface area (Å²) in [5.74, 6) is -0.950. The number of aromatic nitrogens is 1. The molecule has 17 heavy (non-hydrogen) atoms. The van der Waals surface area contributed by atoms with Crippen molar-refractivity contribution in [2.75, 3.05) is 23.7 Å². The highest BCUT2D eigenvalue weighted by Gasteiger charge is 2.29. The van der Waals surface area contributed by atoms with Gasteiger partial charge in [0.25, 0.3) is 0 Å². The smallest absolute Gasteiger partial charge is 0.308 e. The molecule has 2 rings (SSSR count). The Hall–Kier alpha value is -2.23. The Kier molecular flexibility index (Phi) is 2.87. The van der Waals surface area contributed by atoms with E-state index in [0.29, 0.717) is 25.3 Å². The Morgan fingerprint density at radius 3 is 3.12 bits per heavy atom. The second-order valence-corrected chi connectivity index (χ2v) is 3.98. The normalized spacial score (nSPS) is 19.9. The Balaban J connectivity index is 2.22. The van der Waals surface area contributed by atoms with Gasteiger partial charge in [0.05, 0.1) is 5.92 Å².